The standard InChI is InChI=1S/C13H21NO/c1-11(12(2)14-9-6-10-15)13-7-4-3-5-8-13/h3-5,7-8,11-12,14-15H,6,9-10H2,1-2H3. The van der Waals surface area contributed by atoms with Crippen LogP contribution in [0.5, 0.6) is 0 Å². The third-order valence-electron chi connectivity index (χ3n) is 2.88. The van der Waals surface area contributed by atoms with Crippen molar-refractivity contribution in [1.29, 1.82) is 0 Å². The van der Waals surface area contributed by atoms with Gasteiger partial charge in [0.25, 0.3) is 0 Å². The van der Waals surface area contributed by atoms with E-state index >= 15 is 0 Å². The van der Waals surface area contributed by atoms with Crippen molar-refractivity contribution in [3.8, 4) is 0 Å². The van der Waals surface area contributed by atoms with Crippen molar-refractivity contribution >= 4 is 0 Å². The van der Waals surface area contributed by atoms with Gasteiger partial charge in [-0.1, -0.05) is 37.3 Å². The first-order chi connectivity index (χ1) is 7.25. The Bertz CT molecular complexity index is 260. The quantitative estimate of drug-likeness (QED) is 0.701. The van der Waals surface area contributed by atoms with Crippen molar-refractivity contribution in [3.05, 3.63) is 35.9 Å². The summed E-state index contributed by atoms with van der Waals surface area (Å²) in [4.78, 5) is 0. The fourth-order valence-electron chi connectivity index (χ4n) is 1.63. The average molecular weight is 207 g/mol. The summed E-state index contributed by atoms with van der Waals surface area (Å²) in [5, 5.41) is 12.1. The second-order valence-corrected chi connectivity index (χ2v) is 4.02. The summed E-state index contributed by atoms with van der Waals surface area (Å²) in [5.41, 5.74) is 1.36. The monoisotopic (exact) mass is 207 g/mol. The van der Waals surface area contributed by atoms with Crippen LogP contribution in [-0.4, -0.2) is 24.3 Å². The molecule has 0 aliphatic carbocycles. The topological polar surface area (TPSA) is 32.3 Å². The summed E-state index contributed by atoms with van der Waals surface area (Å²) in [6.45, 7) is 5.56. The molecule has 1 aromatic carbocycles. The van der Waals surface area contributed by atoms with Crippen LogP contribution in [0.15, 0.2) is 30.3 Å². The molecule has 2 nitrogen and oxygen atoms in total. The van der Waals surface area contributed by atoms with E-state index in [1.165, 1.54) is 5.56 Å². The smallest absolute Gasteiger partial charge is 0.0443 e. The second-order valence-electron chi connectivity index (χ2n) is 4.02. The highest BCUT2D eigenvalue weighted by Crippen LogP contribution is 2.18. The highest BCUT2D eigenvalue weighted by molar-refractivity contribution is 5.20. The van der Waals surface area contributed by atoms with Crippen molar-refractivity contribution in [2.75, 3.05) is 13.2 Å². The SMILES string of the molecule is CC(NCCCO)C(C)c1ccccc1. The van der Waals surface area contributed by atoms with Crippen LogP contribution in [0, 0.1) is 0 Å². The molecule has 2 heteroatoms. The first kappa shape index (κ1) is 12.2. The molecule has 0 radical (unpaired) electrons. The lowest BCUT2D eigenvalue weighted by Gasteiger charge is -2.21. The Kier molecular flexibility index (Phi) is 5.37. The van der Waals surface area contributed by atoms with Crippen LogP contribution < -0.4 is 5.32 Å². The first-order valence-corrected chi connectivity index (χ1v) is 5.65. The van der Waals surface area contributed by atoms with Gasteiger partial charge in [-0.15, -0.1) is 0 Å². The van der Waals surface area contributed by atoms with Gasteiger partial charge >= 0.3 is 0 Å². The molecular weight excluding hydrogens is 186 g/mol. The zero-order valence-corrected chi connectivity index (χ0v) is 9.61. The molecular formula is C13H21NO. The molecule has 0 saturated heterocycles. The van der Waals surface area contributed by atoms with E-state index in [1.807, 2.05) is 6.07 Å². The molecule has 84 valence electrons. The molecule has 0 aromatic heterocycles. The summed E-state index contributed by atoms with van der Waals surface area (Å²) in [5.74, 6) is 0.505. The van der Waals surface area contributed by atoms with Crippen molar-refractivity contribution < 1.29 is 5.11 Å². The minimum absolute atomic E-state index is 0.263. The van der Waals surface area contributed by atoms with Crippen molar-refractivity contribution in [2.45, 2.75) is 32.2 Å². The Morgan fingerprint density at radius 1 is 1.20 bits per heavy atom. The van der Waals surface area contributed by atoms with Crippen LogP contribution in [0.1, 0.15) is 31.7 Å². The first-order valence-electron chi connectivity index (χ1n) is 5.65. The molecule has 0 aliphatic heterocycles. The third kappa shape index (κ3) is 4.02. The largest absolute Gasteiger partial charge is 0.396 e. The van der Waals surface area contributed by atoms with Gasteiger partial charge < -0.3 is 10.4 Å². The minimum Gasteiger partial charge on any atom is -0.396 e. The van der Waals surface area contributed by atoms with E-state index in [-0.39, 0.29) is 6.61 Å². The molecule has 0 bridgehead atoms. The predicted octanol–water partition coefficient (Wildman–Crippen LogP) is 2.15. The van der Waals surface area contributed by atoms with Crippen molar-refractivity contribution in [2.24, 2.45) is 0 Å². The Hall–Kier alpha value is -0.860. The van der Waals surface area contributed by atoms with Crippen LogP contribution in [-0.2, 0) is 0 Å². The molecule has 0 fully saturated rings. The molecule has 15 heavy (non-hydrogen) atoms. The van der Waals surface area contributed by atoms with E-state index in [2.05, 4.69) is 43.4 Å². The van der Waals surface area contributed by atoms with E-state index in [0.29, 0.717) is 12.0 Å². The summed E-state index contributed by atoms with van der Waals surface area (Å²) in [6.07, 6.45) is 0.825. The van der Waals surface area contributed by atoms with Crippen molar-refractivity contribution in [3.63, 3.8) is 0 Å². The number of aliphatic hydroxyl groups is 1. The number of nitrogens with one attached hydrogen (secondary N) is 1. The van der Waals surface area contributed by atoms with E-state index in [1.54, 1.807) is 0 Å². The molecule has 0 spiro atoms. The molecule has 0 aliphatic rings. The van der Waals surface area contributed by atoms with E-state index in [4.69, 9.17) is 5.11 Å². The van der Waals surface area contributed by atoms with Gasteiger partial charge in [0.05, 0.1) is 0 Å². The Morgan fingerprint density at radius 2 is 1.87 bits per heavy atom. The normalized spacial score (nSPS) is 14.9. The van der Waals surface area contributed by atoms with Crippen LogP contribution >= 0.6 is 0 Å². The molecule has 2 atom stereocenters. The van der Waals surface area contributed by atoms with Gasteiger partial charge in [0.1, 0.15) is 0 Å². The molecule has 0 heterocycles. The zero-order chi connectivity index (χ0) is 11.1. The zero-order valence-electron chi connectivity index (χ0n) is 9.61. The molecule has 2 N–H and O–H groups in total. The van der Waals surface area contributed by atoms with Crippen molar-refractivity contribution in [1.82, 2.24) is 5.32 Å². The van der Waals surface area contributed by atoms with Gasteiger partial charge in [0, 0.05) is 12.6 Å². The number of benzene rings is 1. The molecule has 0 saturated carbocycles. The van der Waals surface area contributed by atoms with E-state index in [9.17, 15) is 0 Å². The summed E-state index contributed by atoms with van der Waals surface area (Å²) in [7, 11) is 0. The van der Waals surface area contributed by atoms with E-state index in [0.717, 1.165) is 13.0 Å². The Labute approximate surface area is 92.3 Å². The molecule has 2 unspecified atom stereocenters. The number of rotatable bonds is 6. The number of hydrogen-bond donors (Lipinski definition) is 2. The lowest BCUT2D eigenvalue weighted by Crippen LogP contribution is -2.32. The van der Waals surface area contributed by atoms with Gasteiger partial charge in [-0.25, -0.2) is 0 Å². The number of aliphatic hydroxyl groups excluding tert-OH is 1. The second kappa shape index (κ2) is 6.59. The number of hydrogen-bond acceptors (Lipinski definition) is 2. The minimum atomic E-state index is 0.263. The summed E-state index contributed by atoms with van der Waals surface area (Å²) in [6, 6.07) is 11.0. The van der Waals surface area contributed by atoms with Gasteiger partial charge in [-0.3, -0.25) is 0 Å². The van der Waals surface area contributed by atoms with Crippen LogP contribution in [0.3, 0.4) is 0 Å². The van der Waals surface area contributed by atoms with Gasteiger partial charge in [-0.2, -0.15) is 0 Å². The van der Waals surface area contributed by atoms with Crippen LogP contribution in [0.25, 0.3) is 0 Å². The maximum absolute atomic E-state index is 8.69. The molecule has 1 aromatic rings. The fourth-order valence-corrected chi connectivity index (χ4v) is 1.63. The average Bonchev–Trinajstić information content (AvgIpc) is 2.29. The maximum atomic E-state index is 8.69. The summed E-state index contributed by atoms with van der Waals surface area (Å²) < 4.78 is 0. The highest BCUT2D eigenvalue weighted by atomic mass is 16.3. The van der Waals surface area contributed by atoms with Gasteiger partial charge in [-0.05, 0) is 31.4 Å². The lowest BCUT2D eigenvalue weighted by molar-refractivity contribution is 0.282. The Balaban J connectivity index is 2.42. The van der Waals surface area contributed by atoms with E-state index < -0.39 is 0 Å². The third-order valence-corrected chi connectivity index (χ3v) is 2.88. The van der Waals surface area contributed by atoms with Crippen LogP contribution in [0.4, 0.5) is 0 Å². The van der Waals surface area contributed by atoms with Crippen LogP contribution in [0.2, 0.25) is 0 Å². The molecule has 1 rings (SSSR count). The summed E-state index contributed by atoms with van der Waals surface area (Å²) >= 11 is 0. The predicted molar refractivity (Wildman–Crippen MR) is 64.0 cm³/mol. The van der Waals surface area contributed by atoms with Gasteiger partial charge in [0.15, 0.2) is 0 Å². The van der Waals surface area contributed by atoms with Gasteiger partial charge in [0.2, 0.25) is 0 Å². The Morgan fingerprint density at radius 3 is 2.47 bits per heavy atom. The molecule has 0 amide bonds. The fraction of sp³-hybridized carbons (Fsp3) is 0.538. The maximum Gasteiger partial charge on any atom is 0.0443 e. The lowest BCUT2D eigenvalue weighted by atomic mass is 9.94. The highest BCUT2D eigenvalue weighted by Gasteiger charge is 2.12.